The van der Waals surface area contributed by atoms with Crippen molar-refractivity contribution >= 4 is 0 Å². The van der Waals surface area contributed by atoms with Gasteiger partial charge in [0.15, 0.2) is 0 Å². The van der Waals surface area contributed by atoms with Crippen molar-refractivity contribution in [1.29, 1.82) is 0 Å². The fourth-order valence-electron chi connectivity index (χ4n) is 2.39. The minimum atomic E-state index is 0.491. The Balaban J connectivity index is 1.89. The summed E-state index contributed by atoms with van der Waals surface area (Å²) < 4.78 is 1.87. The van der Waals surface area contributed by atoms with Crippen LogP contribution in [0.15, 0.2) is 18.3 Å². The van der Waals surface area contributed by atoms with Crippen molar-refractivity contribution in [1.82, 2.24) is 20.0 Å². The fraction of sp³-hybridized carbons (Fsp3) is 0.625. The number of nitrogens with zero attached hydrogens (tertiary/aromatic N) is 3. The van der Waals surface area contributed by atoms with Crippen LogP contribution in [0.4, 0.5) is 0 Å². The SMILES string of the molecule is CC(C)c1cc(C(C)CCC(C)c2ccn(C)n2)n[nH]1. The molecule has 2 aromatic rings. The Bertz CT molecular complexity index is 538. The van der Waals surface area contributed by atoms with E-state index in [-0.39, 0.29) is 0 Å². The van der Waals surface area contributed by atoms with E-state index in [1.54, 1.807) is 0 Å². The minimum absolute atomic E-state index is 0.491. The molecular weight excluding hydrogens is 248 g/mol. The summed E-state index contributed by atoms with van der Waals surface area (Å²) in [5.74, 6) is 1.50. The third-order valence-corrected chi connectivity index (χ3v) is 4.02. The predicted molar refractivity (Wildman–Crippen MR) is 81.9 cm³/mol. The van der Waals surface area contributed by atoms with Crippen LogP contribution >= 0.6 is 0 Å². The molecule has 2 heterocycles. The van der Waals surface area contributed by atoms with E-state index in [0.717, 1.165) is 12.8 Å². The topological polar surface area (TPSA) is 46.5 Å². The van der Waals surface area contributed by atoms with E-state index >= 15 is 0 Å². The molecule has 0 spiro atoms. The number of hydrogen-bond acceptors (Lipinski definition) is 2. The molecular formula is C16H26N4. The molecule has 0 aliphatic rings. The van der Waals surface area contributed by atoms with Crippen molar-refractivity contribution in [3.63, 3.8) is 0 Å². The molecule has 0 aromatic carbocycles. The Morgan fingerprint density at radius 1 is 1.10 bits per heavy atom. The molecule has 4 nitrogen and oxygen atoms in total. The third-order valence-electron chi connectivity index (χ3n) is 4.02. The lowest BCUT2D eigenvalue weighted by Crippen LogP contribution is -2.01. The molecule has 1 N–H and O–H groups in total. The predicted octanol–water partition coefficient (Wildman–Crippen LogP) is 3.95. The number of aryl methyl sites for hydroxylation is 1. The number of nitrogens with one attached hydrogen (secondary N) is 1. The fourth-order valence-corrected chi connectivity index (χ4v) is 2.39. The lowest BCUT2D eigenvalue weighted by molar-refractivity contribution is 0.551. The number of H-pyrrole nitrogens is 1. The summed E-state index contributed by atoms with van der Waals surface area (Å²) in [5, 5.41) is 12.1. The van der Waals surface area contributed by atoms with Crippen LogP contribution in [0.3, 0.4) is 0 Å². The lowest BCUT2D eigenvalue weighted by atomic mass is 9.93. The van der Waals surface area contributed by atoms with Crippen molar-refractivity contribution < 1.29 is 0 Å². The molecule has 0 bridgehead atoms. The Morgan fingerprint density at radius 2 is 1.75 bits per heavy atom. The molecule has 0 saturated heterocycles. The highest BCUT2D eigenvalue weighted by Crippen LogP contribution is 2.27. The van der Waals surface area contributed by atoms with Crippen molar-refractivity contribution in [2.24, 2.45) is 7.05 Å². The summed E-state index contributed by atoms with van der Waals surface area (Å²) in [6.45, 7) is 8.88. The van der Waals surface area contributed by atoms with Gasteiger partial charge in [-0.3, -0.25) is 9.78 Å². The van der Waals surface area contributed by atoms with Crippen LogP contribution in [-0.2, 0) is 7.05 Å². The Morgan fingerprint density at radius 3 is 2.25 bits per heavy atom. The summed E-state index contributed by atoms with van der Waals surface area (Å²) in [6.07, 6.45) is 4.29. The molecule has 110 valence electrons. The highest BCUT2D eigenvalue weighted by atomic mass is 15.2. The van der Waals surface area contributed by atoms with E-state index in [1.165, 1.54) is 17.1 Å². The first kappa shape index (κ1) is 14.8. The van der Waals surface area contributed by atoms with Crippen LogP contribution in [0.2, 0.25) is 0 Å². The molecule has 20 heavy (non-hydrogen) atoms. The summed E-state index contributed by atoms with van der Waals surface area (Å²) in [5.41, 5.74) is 3.59. The van der Waals surface area contributed by atoms with E-state index < -0.39 is 0 Å². The van der Waals surface area contributed by atoms with Gasteiger partial charge in [0.25, 0.3) is 0 Å². The smallest absolute Gasteiger partial charge is 0.0653 e. The second-order valence-corrected chi connectivity index (χ2v) is 6.20. The highest BCUT2D eigenvalue weighted by Gasteiger charge is 2.15. The standard InChI is InChI=1S/C16H26N4/c1-11(2)15-10-16(18-17-15)13(4)7-6-12(3)14-8-9-20(5)19-14/h8-13H,6-7H2,1-5H3,(H,17,18). The average molecular weight is 274 g/mol. The van der Waals surface area contributed by atoms with Crippen molar-refractivity contribution in [2.75, 3.05) is 0 Å². The van der Waals surface area contributed by atoms with Crippen LogP contribution in [0.5, 0.6) is 0 Å². The zero-order valence-corrected chi connectivity index (χ0v) is 13.2. The minimum Gasteiger partial charge on any atom is -0.282 e. The van der Waals surface area contributed by atoms with Gasteiger partial charge in [0, 0.05) is 30.8 Å². The van der Waals surface area contributed by atoms with Gasteiger partial charge in [-0.15, -0.1) is 0 Å². The highest BCUT2D eigenvalue weighted by molar-refractivity contribution is 5.15. The first-order chi connectivity index (χ1) is 9.47. The van der Waals surface area contributed by atoms with Gasteiger partial charge in [0.2, 0.25) is 0 Å². The summed E-state index contributed by atoms with van der Waals surface area (Å²) in [7, 11) is 1.97. The van der Waals surface area contributed by atoms with Crippen LogP contribution in [0.25, 0.3) is 0 Å². The largest absolute Gasteiger partial charge is 0.282 e. The van der Waals surface area contributed by atoms with Crippen LogP contribution in [0, 0.1) is 0 Å². The quantitative estimate of drug-likeness (QED) is 0.866. The van der Waals surface area contributed by atoms with Gasteiger partial charge in [0.05, 0.1) is 11.4 Å². The Kier molecular flexibility index (Phi) is 4.63. The zero-order chi connectivity index (χ0) is 14.7. The second kappa shape index (κ2) is 6.25. The maximum absolute atomic E-state index is 4.48. The van der Waals surface area contributed by atoms with Crippen molar-refractivity contribution in [3.05, 3.63) is 35.4 Å². The molecule has 0 aliphatic heterocycles. The molecule has 0 radical (unpaired) electrons. The van der Waals surface area contributed by atoms with E-state index in [4.69, 9.17) is 0 Å². The number of aromatic amines is 1. The maximum Gasteiger partial charge on any atom is 0.0653 e. The average Bonchev–Trinajstić information content (AvgIpc) is 3.04. The molecule has 2 atom stereocenters. The van der Waals surface area contributed by atoms with Crippen LogP contribution in [0.1, 0.15) is 75.4 Å². The van der Waals surface area contributed by atoms with Gasteiger partial charge < -0.3 is 0 Å². The maximum atomic E-state index is 4.48. The number of hydrogen-bond donors (Lipinski definition) is 1. The van der Waals surface area contributed by atoms with E-state index in [1.807, 2.05) is 17.9 Å². The van der Waals surface area contributed by atoms with Gasteiger partial charge in [0.1, 0.15) is 0 Å². The first-order valence-electron chi connectivity index (χ1n) is 7.52. The molecule has 0 fully saturated rings. The molecule has 4 heteroatoms. The van der Waals surface area contributed by atoms with E-state index in [0.29, 0.717) is 17.8 Å². The van der Waals surface area contributed by atoms with Gasteiger partial charge in [-0.25, -0.2) is 0 Å². The summed E-state index contributed by atoms with van der Waals surface area (Å²) >= 11 is 0. The molecule has 2 rings (SSSR count). The lowest BCUT2D eigenvalue weighted by Gasteiger charge is -2.12. The normalized spacial score (nSPS) is 14.7. The van der Waals surface area contributed by atoms with Gasteiger partial charge >= 0.3 is 0 Å². The third kappa shape index (κ3) is 3.50. The van der Waals surface area contributed by atoms with Gasteiger partial charge in [-0.05, 0) is 30.9 Å². The van der Waals surface area contributed by atoms with Gasteiger partial charge in [-0.2, -0.15) is 10.2 Å². The summed E-state index contributed by atoms with van der Waals surface area (Å²) in [6, 6.07) is 4.32. The molecule has 0 saturated carbocycles. The van der Waals surface area contributed by atoms with Crippen molar-refractivity contribution in [2.45, 2.75) is 58.3 Å². The molecule has 0 amide bonds. The Hall–Kier alpha value is -1.58. The van der Waals surface area contributed by atoms with Crippen LogP contribution < -0.4 is 0 Å². The van der Waals surface area contributed by atoms with Crippen LogP contribution in [-0.4, -0.2) is 20.0 Å². The monoisotopic (exact) mass is 274 g/mol. The van der Waals surface area contributed by atoms with E-state index in [9.17, 15) is 0 Å². The first-order valence-corrected chi connectivity index (χ1v) is 7.52. The van der Waals surface area contributed by atoms with E-state index in [2.05, 4.69) is 55.1 Å². The summed E-state index contributed by atoms with van der Waals surface area (Å²) in [4.78, 5) is 0. The molecule has 2 aromatic heterocycles. The second-order valence-electron chi connectivity index (χ2n) is 6.20. The van der Waals surface area contributed by atoms with Crippen molar-refractivity contribution in [3.8, 4) is 0 Å². The zero-order valence-electron chi connectivity index (χ0n) is 13.2. The number of aromatic nitrogens is 4. The Labute approximate surface area is 121 Å². The van der Waals surface area contributed by atoms with Gasteiger partial charge in [-0.1, -0.05) is 27.7 Å². The molecule has 0 aliphatic carbocycles. The number of rotatable bonds is 6. The molecule has 2 unspecified atom stereocenters.